The molecular weight excluding hydrogens is 420 g/mol. The number of furan rings is 1. The van der Waals surface area contributed by atoms with Gasteiger partial charge in [-0.2, -0.15) is 5.10 Å². The van der Waals surface area contributed by atoms with E-state index in [0.29, 0.717) is 41.7 Å². The Morgan fingerprint density at radius 2 is 2.06 bits per heavy atom. The quantitative estimate of drug-likeness (QED) is 0.595. The Morgan fingerprint density at radius 3 is 2.76 bits per heavy atom. The normalized spacial score (nSPS) is 24.0. The number of fused-ring (bicyclic) bond motifs is 3. The summed E-state index contributed by atoms with van der Waals surface area (Å²) in [6, 6.07) is 11.9. The van der Waals surface area contributed by atoms with Crippen LogP contribution in [0, 0.1) is 5.92 Å². The summed E-state index contributed by atoms with van der Waals surface area (Å²) >= 11 is 0. The van der Waals surface area contributed by atoms with Crippen molar-refractivity contribution in [2.45, 2.75) is 24.8 Å². The summed E-state index contributed by atoms with van der Waals surface area (Å²) in [6.45, 7) is 2.70. The summed E-state index contributed by atoms with van der Waals surface area (Å²) in [5, 5.41) is 7.85. The fourth-order valence-corrected chi connectivity index (χ4v) is 5.36. The number of ether oxygens (including phenoxy) is 2. The number of hydrogen-bond acceptors (Lipinski definition) is 6. The Bertz CT molecular complexity index is 1120. The number of amides is 1. The summed E-state index contributed by atoms with van der Waals surface area (Å²) in [7, 11) is 5.31. The van der Waals surface area contributed by atoms with Gasteiger partial charge in [0, 0.05) is 43.4 Å². The second-order valence-corrected chi connectivity index (χ2v) is 8.87. The Balaban J connectivity index is 1.29. The van der Waals surface area contributed by atoms with Crippen LogP contribution >= 0.6 is 0 Å². The van der Waals surface area contributed by atoms with E-state index in [2.05, 4.69) is 16.3 Å². The molecule has 1 aromatic carbocycles. The van der Waals surface area contributed by atoms with Crippen molar-refractivity contribution >= 4 is 5.91 Å². The molecule has 2 aromatic heterocycles. The smallest absolute Gasteiger partial charge is 0.287 e. The van der Waals surface area contributed by atoms with Gasteiger partial charge in [-0.15, -0.1) is 0 Å². The van der Waals surface area contributed by atoms with Crippen LogP contribution in [0.25, 0.3) is 11.3 Å². The monoisotopic (exact) mass is 450 g/mol. The lowest BCUT2D eigenvalue weighted by atomic mass is 9.74. The van der Waals surface area contributed by atoms with E-state index in [1.807, 2.05) is 29.9 Å². The van der Waals surface area contributed by atoms with Crippen molar-refractivity contribution < 1.29 is 18.7 Å². The Labute approximate surface area is 193 Å². The fraction of sp³-hybridized carbons (Fsp3) is 0.440. The van der Waals surface area contributed by atoms with Crippen LogP contribution in [0.5, 0.6) is 11.5 Å². The highest BCUT2D eigenvalue weighted by Crippen LogP contribution is 2.42. The Kier molecular flexibility index (Phi) is 5.85. The maximum Gasteiger partial charge on any atom is 0.287 e. The second kappa shape index (κ2) is 8.94. The lowest BCUT2D eigenvalue weighted by molar-refractivity contribution is 0.0278. The van der Waals surface area contributed by atoms with Crippen molar-refractivity contribution in [3.8, 4) is 22.8 Å². The van der Waals surface area contributed by atoms with Crippen LogP contribution in [0.4, 0.5) is 0 Å². The maximum absolute atomic E-state index is 12.3. The molecule has 3 aromatic rings. The van der Waals surface area contributed by atoms with Gasteiger partial charge in [-0.3, -0.25) is 14.4 Å². The number of carbonyl (C=O) groups is 1. The first-order chi connectivity index (χ1) is 16.1. The molecule has 3 saturated heterocycles. The number of hydrogen-bond donors (Lipinski definition) is 1. The van der Waals surface area contributed by atoms with Crippen LogP contribution in [-0.4, -0.2) is 60.5 Å². The minimum atomic E-state index is -0.148. The third-order valence-corrected chi connectivity index (χ3v) is 7.10. The van der Waals surface area contributed by atoms with Crippen molar-refractivity contribution in [2.24, 2.45) is 13.0 Å². The number of carbonyl (C=O) groups excluding carboxylic acids is 1. The molecule has 0 spiro atoms. The molecule has 0 aliphatic carbocycles. The van der Waals surface area contributed by atoms with Gasteiger partial charge in [0.2, 0.25) is 0 Å². The summed E-state index contributed by atoms with van der Waals surface area (Å²) in [5.74, 6) is 2.63. The number of methoxy groups -OCH3 is 2. The third-order valence-electron chi connectivity index (χ3n) is 7.10. The van der Waals surface area contributed by atoms with Crippen LogP contribution in [0.3, 0.4) is 0 Å². The average molecular weight is 451 g/mol. The van der Waals surface area contributed by atoms with Gasteiger partial charge >= 0.3 is 0 Å². The SMILES string of the molecule is COc1ccc(-c2cc([C@H]3CN4CC[C@H]3C[C@@H]4CNC(=O)c3ccco3)n(C)n2)cc1OC. The first kappa shape index (κ1) is 21.6. The zero-order chi connectivity index (χ0) is 22.9. The summed E-state index contributed by atoms with van der Waals surface area (Å²) in [5.41, 5.74) is 3.20. The second-order valence-electron chi connectivity index (χ2n) is 8.87. The molecule has 1 amide bonds. The van der Waals surface area contributed by atoms with Gasteiger partial charge in [-0.05, 0) is 61.7 Å². The molecule has 8 nitrogen and oxygen atoms in total. The topological polar surface area (TPSA) is 81.8 Å². The molecule has 3 aliphatic rings. The molecular formula is C25H30N4O4. The summed E-state index contributed by atoms with van der Waals surface area (Å²) in [4.78, 5) is 14.8. The van der Waals surface area contributed by atoms with E-state index in [9.17, 15) is 4.79 Å². The highest BCUT2D eigenvalue weighted by molar-refractivity contribution is 5.91. The van der Waals surface area contributed by atoms with Gasteiger partial charge in [0.1, 0.15) is 0 Å². The van der Waals surface area contributed by atoms with Crippen molar-refractivity contribution in [3.05, 3.63) is 54.1 Å². The van der Waals surface area contributed by atoms with E-state index in [-0.39, 0.29) is 5.91 Å². The van der Waals surface area contributed by atoms with E-state index in [4.69, 9.17) is 19.0 Å². The molecule has 33 heavy (non-hydrogen) atoms. The summed E-state index contributed by atoms with van der Waals surface area (Å²) < 4.78 is 18.0. The fourth-order valence-electron chi connectivity index (χ4n) is 5.36. The molecule has 4 atom stereocenters. The van der Waals surface area contributed by atoms with Gasteiger partial charge in [-0.1, -0.05) is 0 Å². The van der Waals surface area contributed by atoms with E-state index in [1.54, 1.807) is 26.4 Å². The highest BCUT2D eigenvalue weighted by atomic mass is 16.5. The van der Waals surface area contributed by atoms with Gasteiger partial charge in [-0.25, -0.2) is 0 Å². The Hall–Kier alpha value is -3.26. The number of aryl methyl sites for hydroxylation is 1. The van der Waals surface area contributed by atoms with Crippen LogP contribution in [0.15, 0.2) is 47.1 Å². The van der Waals surface area contributed by atoms with Gasteiger partial charge in [0.05, 0.1) is 26.2 Å². The average Bonchev–Trinajstić information content (AvgIpc) is 3.52. The molecule has 2 bridgehead atoms. The number of nitrogens with zero attached hydrogens (tertiary/aromatic N) is 3. The predicted molar refractivity (Wildman–Crippen MR) is 124 cm³/mol. The standard InChI is InChI=1S/C25H30N4O4/c1-28-21(13-20(27-28)17-6-7-22(31-2)24(12-17)32-3)19-15-29-9-8-16(19)11-18(29)14-26-25(30)23-5-4-10-33-23/h4-7,10,12-13,16,18-19H,8-9,11,14-15H2,1-3H3,(H,26,30)/t16-,18+,19-/m0/s1. The third kappa shape index (κ3) is 4.11. The van der Waals surface area contributed by atoms with Gasteiger partial charge in [0.25, 0.3) is 5.91 Å². The maximum atomic E-state index is 12.3. The first-order valence-electron chi connectivity index (χ1n) is 11.4. The predicted octanol–water partition coefficient (Wildman–Crippen LogP) is 3.31. The van der Waals surface area contributed by atoms with Crippen LogP contribution in [-0.2, 0) is 7.05 Å². The molecule has 174 valence electrons. The highest BCUT2D eigenvalue weighted by Gasteiger charge is 2.42. The van der Waals surface area contributed by atoms with E-state index < -0.39 is 0 Å². The summed E-state index contributed by atoms with van der Waals surface area (Å²) in [6.07, 6.45) is 3.76. The van der Waals surface area contributed by atoms with Crippen LogP contribution in [0.1, 0.15) is 35.0 Å². The molecule has 1 unspecified atom stereocenters. The Morgan fingerprint density at radius 1 is 1.21 bits per heavy atom. The van der Waals surface area contributed by atoms with Gasteiger partial charge in [0.15, 0.2) is 17.3 Å². The molecule has 1 N–H and O–H groups in total. The molecule has 6 rings (SSSR count). The van der Waals surface area contributed by atoms with Crippen LogP contribution in [0.2, 0.25) is 0 Å². The van der Waals surface area contributed by atoms with Crippen molar-refractivity contribution in [1.29, 1.82) is 0 Å². The molecule has 8 heteroatoms. The molecule has 3 aliphatic heterocycles. The minimum absolute atomic E-state index is 0.148. The largest absolute Gasteiger partial charge is 0.493 e. The number of benzene rings is 1. The lowest BCUT2D eigenvalue weighted by Gasteiger charge is -2.49. The first-order valence-corrected chi connectivity index (χ1v) is 11.4. The molecule has 3 fully saturated rings. The molecule has 5 heterocycles. The van der Waals surface area contributed by atoms with E-state index in [1.165, 1.54) is 18.4 Å². The number of nitrogens with one attached hydrogen (secondary N) is 1. The van der Waals surface area contributed by atoms with E-state index in [0.717, 1.165) is 30.8 Å². The number of aromatic nitrogens is 2. The van der Waals surface area contributed by atoms with Crippen molar-refractivity contribution in [3.63, 3.8) is 0 Å². The number of piperidine rings is 3. The molecule has 0 saturated carbocycles. The zero-order valence-electron chi connectivity index (χ0n) is 19.3. The van der Waals surface area contributed by atoms with Crippen LogP contribution < -0.4 is 14.8 Å². The molecule has 0 radical (unpaired) electrons. The zero-order valence-corrected chi connectivity index (χ0v) is 19.3. The minimum Gasteiger partial charge on any atom is -0.493 e. The lowest BCUT2D eigenvalue weighted by Crippen LogP contribution is -2.56. The van der Waals surface area contributed by atoms with Gasteiger partial charge < -0.3 is 19.2 Å². The van der Waals surface area contributed by atoms with Crippen molar-refractivity contribution in [2.75, 3.05) is 33.9 Å². The van der Waals surface area contributed by atoms with Crippen molar-refractivity contribution in [1.82, 2.24) is 20.0 Å². The number of rotatable bonds is 7. The van der Waals surface area contributed by atoms with E-state index >= 15 is 0 Å².